The summed E-state index contributed by atoms with van der Waals surface area (Å²) in [5.41, 5.74) is 8.02. The van der Waals surface area contributed by atoms with Gasteiger partial charge < -0.3 is 15.6 Å². The number of nitrogens with one attached hydrogen (secondary N) is 1. The Morgan fingerprint density at radius 3 is 2.89 bits per heavy atom. The Bertz CT molecular complexity index is 569. The fourth-order valence-electron chi connectivity index (χ4n) is 2.00. The molecule has 0 radical (unpaired) electrons. The maximum absolute atomic E-state index is 12.0. The maximum Gasteiger partial charge on any atom is 0.267 e. The van der Waals surface area contributed by atoms with Crippen LogP contribution in [-0.4, -0.2) is 26.8 Å². The summed E-state index contributed by atoms with van der Waals surface area (Å²) in [4.78, 5) is 12.0. The zero-order chi connectivity index (χ0) is 13.8. The number of carbonyl (C=O) groups excluding carboxylic acids is 1. The van der Waals surface area contributed by atoms with Crippen LogP contribution in [0.4, 0.5) is 5.69 Å². The Kier molecular flexibility index (Phi) is 3.89. The largest absolute Gasteiger partial charge is 0.397 e. The number of nitrogens with zero attached hydrogens (tertiary/aromatic N) is 3. The third-order valence-corrected chi connectivity index (χ3v) is 2.95. The molecule has 6 nitrogen and oxygen atoms in total. The summed E-state index contributed by atoms with van der Waals surface area (Å²) < 4.78 is 3.59. The monoisotopic (exact) mass is 261 g/mol. The van der Waals surface area contributed by atoms with E-state index < -0.39 is 0 Å². The fourth-order valence-corrected chi connectivity index (χ4v) is 2.00. The van der Waals surface area contributed by atoms with Crippen LogP contribution in [0.5, 0.6) is 0 Å². The third-order valence-electron chi connectivity index (χ3n) is 2.95. The van der Waals surface area contributed by atoms with Gasteiger partial charge in [0.1, 0.15) is 5.69 Å². The van der Waals surface area contributed by atoms with Gasteiger partial charge in [-0.05, 0) is 25.0 Å². The lowest BCUT2D eigenvalue weighted by molar-refractivity contribution is 0.0945. The lowest BCUT2D eigenvalue weighted by Crippen LogP contribution is -2.27. The van der Waals surface area contributed by atoms with E-state index in [1.165, 1.54) is 0 Å². The number of carbonyl (C=O) groups is 1. The van der Waals surface area contributed by atoms with Crippen LogP contribution < -0.4 is 11.1 Å². The molecule has 0 saturated heterocycles. The minimum absolute atomic E-state index is 0.0950. The summed E-state index contributed by atoms with van der Waals surface area (Å²) in [6.45, 7) is 3.29. The number of rotatable bonds is 5. The van der Waals surface area contributed by atoms with Gasteiger partial charge in [0.25, 0.3) is 5.91 Å². The van der Waals surface area contributed by atoms with E-state index in [9.17, 15) is 4.79 Å². The van der Waals surface area contributed by atoms with Gasteiger partial charge in [-0.1, -0.05) is 0 Å². The summed E-state index contributed by atoms with van der Waals surface area (Å²) >= 11 is 0. The number of nitrogens with two attached hydrogens (primary N) is 1. The lowest BCUT2D eigenvalue weighted by Gasteiger charge is -2.06. The first-order chi connectivity index (χ1) is 9.10. The highest BCUT2D eigenvalue weighted by Crippen LogP contribution is 2.10. The van der Waals surface area contributed by atoms with Gasteiger partial charge >= 0.3 is 0 Å². The summed E-state index contributed by atoms with van der Waals surface area (Å²) in [6, 6.07) is 1.70. The molecule has 0 aliphatic carbocycles. The maximum atomic E-state index is 12.0. The molecule has 19 heavy (non-hydrogen) atoms. The number of aryl methyl sites for hydroxylation is 2. The number of nitrogen functional groups attached to an aromatic ring is 1. The van der Waals surface area contributed by atoms with Crippen molar-refractivity contribution >= 4 is 11.6 Å². The molecule has 3 N–H and O–H groups in total. The lowest BCUT2D eigenvalue weighted by atomic mass is 10.2. The van der Waals surface area contributed by atoms with Crippen molar-refractivity contribution < 1.29 is 4.79 Å². The minimum Gasteiger partial charge on any atom is -0.397 e. The molecule has 2 heterocycles. The predicted molar refractivity (Wildman–Crippen MR) is 73.8 cm³/mol. The number of aromatic nitrogens is 3. The number of hydrogen-bond donors (Lipinski definition) is 2. The molecule has 0 aliphatic heterocycles. The summed E-state index contributed by atoms with van der Waals surface area (Å²) in [6.07, 6.45) is 6.29. The molecule has 0 atom stereocenters. The highest BCUT2D eigenvalue weighted by molar-refractivity contribution is 5.93. The van der Waals surface area contributed by atoms with Gasteiger partial charge in [-0.25, -0.2) is 0 Å². The van der Waals surface area contributed by atoms with Gasteiger partial charge in [0, 0.05) is 32.5 Å². The first-order valence-electron chi connectivity index (χ1n) is 6.31. The summed E-state index contributed by atoms with van der Waals surface area (Å²) in [5.74, 6) is -0.0950. The van der Waals surface area contributed by atoms with E-state index in [2.05, 4.69) is 10.4 Å². The van der Waals surface area contributed by atoms with Crippen LogP contribution >= 0.6 is 0 Å². The number of anilines is 1. The number of hydrogen-bond acceptors (Lipinski definition) is 3. The molecule has 1 amide bonds. The van der Waals surface area contributed by atoms with E-state index in [4.69, 9.17) is 5.73 Å². The second kappa shape index (κ2) is 5.60. The Labute approximate surface area is 112 Å². The molecule has 0 saturated carbocycles. The molecule has 0 unspecified atom stereocenters. The van der Waals surface area contributed by atoms with E-state index in [1.807, 2.05) is 24.7 Å². The van der Waals surface area contributed by atoms with E-state index in [-0.39, 0.29) is 5.91 Å². The Morgan fingerprint density at radius 2 is 2.26 bits per heavy atom. The fraction of sp³-hybridized carbons (Fsp3) is 0.385. The quantitative estimate of drug-likeness (QED) is 0.835. The van der Waals surface area contributed by atoms with Gasteiger partial charge in [0.05, 0.1) is 11.9 Å². The minimum atomic E-state index is -0.0950. The summed E-state index contributed by atoms with van der Waals surface area (Å²) in [7, 11) is 1.87. The molecule has 0 bridgehead atoms. The van der Waals surface area contributed by atoms with Gasteiger partial charge in [0.15, 0.2) is 0 Å². The smallest absolute Gasteiger partial charge is 0.267 e. The molecule has 0 aromatic carbocycles. The van der Waals surface area contributed by atoms with Gasteiger partial charge in [0.2, 0.25) is 0 Å². The van der Waals surface area contributed by atoms with Crippen LogP contribution in [0.3, 0.4) is 0 Å². The Hall–Kier alpha value is -2.24. The topological polar surface area (TPSA) is 77.9 Å². The van der Waals surface area contributed by atoms with Crippen LogP contribution in [-0.2, 0) is 20.0 Å². The molecule has 0 aliphatic rings. The molecule has 2 aromatic rings. The van der Waals surface area contributed by atoms with Crippen LogP contribution in [0.2, 0.25) is 0 Å². The zero-order valence-corrected chi connectivity index (χ0v) is 11.3. The molecular weight excluding hydrogens is 242 g/mol. The predicted octanol–water partition coefficient (Wildman–Crippen LogP) is 0.796. The molecule has 6 heteroatoms. The molecule has 0 spiro atoms. The SMILES string of the molecule is CCn1cc(N)cc1C(=O)NCCc1cnn(C)c1. The Morgan fingerprint density at radius 1 is 1.47 bits per heavy atom. The van der Waals surface area contributed by atoms with Crippen molar-refractivity contribution in [2.24, 2.45) is 7.05 Å². The first kappa shape index (κ1) is 13.2. The Balaban J connectivity index is 1.90. The van der Waals surface area contributed by atoms with Gasteiger partial charge in [-0.15, -0.1) is 0 Å². The normalized spacial score (nSPS) is 10.6. The van der Waals surface area contributed by atoms with Crippen molar-refractivity contribution in [3.63, 3.8) is 0 Å². The average molecular weight is 261 g/mol. The van der Waals surface area contributed by atoms with E-state index in [0.717, 1.165) is 18.5 Å². The highest BCUT2D eigenvalue weighted by atomic mass is 16.1. The van der Waals surface area contributed by atoms with Crippen LogP contribution in [0.15, 0.2) is 24.7 Å². The van der Waals surface area contributed by atoms with Crippen LogP contribution in [0, 0.1) is 0 Å². The van der Waals surface area contributed by atoms with Crippen LogP contribution in [0.1, 0.15) is 23.0 Å². The van der Waals surface area contributed by atoms with Gasteiger partial charge in [-0.2, -0.15) is 5.10 Å². The van der Waals surface area contributed by atoms with Crippen LogP contribution in [0.25, 0.3) is 0 Å². The summed E-state index contributed by atoms with van der Waals surface area (Å²) in [5, 5.41) is 6.98. The molecular formula is C13H19N5O. The van der Waals surface area contributed by atoms with E-state index in [0.29, 0.717) is 17.9 Å². The van der Waals surface area contributed by atoms with E-state index >= 15 is 0 Å². The second-order valence-electron chi connectivity index (χ2n) is 4.47. The van der Waals surface area contributed by atoms with Crippen molar-refractivity contribution in [2.75, 3.05) is 12.3 Å². The zero-order valence-electron chi connectivity index (χ0n) is 11.3. The molecule has 0 fully saturated rings. The van der Waals surface area contributed by atoms with Crippen molar-refractivity contribution in [1.29, 1.82) is 0 Å². The van der Waals surface area contributed by atoms with Crippen molar-refractivity contribution in [2.45, 2.75) is 19.9 Å². The highest BCUT2D eigenvalue weighted by Gasteiger charge is 2.11. The second-order valence-corrected chi connectivity index (χ2v) is 4.47. The molecule has 102 valence electrons. The first-order valence-corrected chi connectivity index (χ1v) is 6.31. The standard InChI is InChI=1S/C13H19N5O/c1-3-18-9-11(14)6-12(18)13(19)15-5-4-10-7-16-17(2)8-10/h6-9H,3-5,14H2,1-2H3,(H,15,19). The van der Waals surface area contributed by atoms with Crippen molar-refractivity contribution in [1.82, 2.24) is 19.7 Å². The van der Waals surface area contributed by atoms with Crippen molar-refractivity contribution in [3.05, 3.63) is 35.9 Å². The molecule has 2 rings (SSSR count). The van der Waals surface area contributed by atoms with Gasteiger partial charge in [-0.3, -0.25) is 9.48 Å². The molecule has 2 aromatic heterocycles. The third kappa shape index (κ3) is 3.15. The average Bonchev–Trinajstić information content (AvgIpc) is 2.95. The van der Waals surface area contributed by atoms with E-state index in [1.54, 1.807) is 23.1 Å². The number of amides is 1. The van der Waals surface area contributed by atoms with Crippen molar-refractivity contribution in [3.8, 4) is 0 Å².